The lowest BCUT2D eigenvalue weighted by Gasteiger charge is -2.27. The van der Waals surface area contributed by atoms with E-state index in [0.29, 0.717) is 21.3 Å². The summed E-state index contributed by atoms with van der Waals surface area (Å²) in [5.74, 6) is -0.424. The Balaban J connectivity index is 2.06. The van der Waals surface area contributed by atoms with Gasteiger partial charge in [-0.1, -0.05) is 76.2 Å². The molecular formula is C16H12Cl5N3OS. The number of nitrogens with one attached hydrogen (secondary N) is 3. The van der Waals surface area contributed by atoms with Gasteiger partial charge in [-0.2, -0.15) is 0 Å². The summed E-state index contributed by atoms with van der Waals surface area (Å²) in [7, 11) is 0. The zero-order valence-corrected chi connectivity index (χ0v) is 17.5. The van der Waals surface area contributed by atoms with Crippen LogP contribution < -0.4 is 16.0 Å². The van der Waals surface area contributed by atoms with Crippen molar-refractivity contribution in [3.05, 3.63) is 64.1 Å². The first-order chi connectivity index (χ1) is 12.2. The Morgan fingerprint density at radius 1 is 0.962 bits per heavy atom. The molecule has 4 nitrogen and oxygen atoms in total. The SMILES string of the molecule is O=C(N[C@H](NC(=S)Nc1ccc(Cl)c(Cl)c1)C(Cl)(Cl)Cl)c1ccccc1. The van der Waals surface area contributed by atoms with Crippen molar-refractivity contribution in [3.63, 3.8) is 0 Å². The normalized spacial score (nSPS) is 12.2. The molecule has 0 radical (unpaired) electrons. The number of alkyl halides is 3. The van der Waals surface area contributed by atoms with Crippen LogP contribution in [-0.2, 0) is 0 Å². The van der Waals surface area contributed by atoms with Gasteiger partial charge in [-0.15, -0.1) is 0 Å². The molecule has 0 aliphatic heterocycles. The molecule has 10 heteroatoms. The number of amides is 1. The molecule has 2 aromatic rings. The largest absolute Gasteiger partial charge is 0.339 e. The number of thiocarbonyl (C=S) groups is 1. The predicted molar refractivity (Wildman–Crippen MR) is 114 cm³/mol. The fraction of sp³-hybridized carbons (Fsp3) is 0.125. The van der Waals surface area contributed by atoms with Gasteiger partial charge in [0.1, 0.15) is 6.17 Å². The quantitative estimate of drug-likeness (QED) is 0.317. The van der Waals surface area contributed by atoms with Gasteiger partial charge in [0.25, 0.3) is 5.91 Å². The van der Waals surface area contributed by atoms with E-state index in [0.717, 1.165) is 0 Å². The van der Waals surface area contributed by atoms with Gasteiger partial charge in [-0.05, 0) is 42.5 Å². The summed E-state index contributed by atoms with van der Waals surface area (Å²) in [6, 6.07) is 13.4. The van der Waals surface area contributed by atoms with Crippen LogP contribution in [-0.4, -0.2) is 21.0 Å². The predicted octanol–water partition coefficient (Wildman–Crippen LogP) is 5.41. The molecule has 0 fully saturated rings. The topological polar surface area (TPSA) is 53.2 Å². The maximum Gasteiger partial charge on any atom is 0.252 e. The molecular weight excluding hydrogens is 460 g/mol. The maximum atomic E-state index is 12.3. The van der Waals surface area contributed by atoms with E-state index in [1.54, 1.807) is 48.5 Å². The minimum Gasteiger partial charge on any atom is -0.339 e. The molecule has 26 heavy (non-hydrogen) atoms. The van der Waals surface area contributed by atoms with Gasteiger partial charge >= 0.3 is 0 Å². The molecule has 1 atom stereocenters. The molecule has 2 rings (SSSR count). The van der Waals surface area contributed by atoms with Crippen LogP contribution in [0.1, 0.15) is 10.4 Å². The van der Waals surface area contributed by atoms with Gasteiger partial charge in [0.15, 0.2) is 5.11 Å². The first-order valence-electron chi connectivity index (χ1n) is 7.12. The average molecular weight is 472 g/mol. The van der Waals surface area contributed by atoms with Crippen LogP contribution in [0.5, 0.6) is 0 Å². The average Bonchev–Trinajstić information content (AvgIpc) is 2.57. The molecule has 0 spiro atoms. The first-order valence-corrected chi connectivity index (χ1v) is 9.42. The highest BCUT2D eigenvalue weighted by Crippen LogP contribution is 2.29. The molecule has 138 valence electrons. The molecule has 0 saturated carbocycles. The molecule has 0 aliphatic carbocycles. The van der Waals surface area contributed by atoms with E-state index < -0.39 is 15.9 Å². The Labute approximate surface area is 181 Å². The Morgan fingerprint density at radius 2 is 1.62 bits per heavy atom. The highest BCUT2D eigenvalue weighted by atomic mass is 35.6. The van der Waals surface area contributed by atoms with Crippen molar-refractivity contribution in [3.8, 4) is 0 Å². The van der Waals surface area contributed by atoms with Gasteiger partial charge < -0.3 is 16.0 Å². The van der Waals surface area contributed by atoms with Gasteiger partial charge in [-0.3, -0.25) is 4.79 Å². The van der Waals surface area contributed by atoms with Gasteiger partial charge in [0.05, 0.1) is 10.0 Å². The first kappa shape index (κ1) is 21.4. The highest BCUT2D eigenvalue weighted by Gasteiger charge is 2.34. The van der Waals surface area contributed by atoms with E-state index in [-0.39, 0.29) is 5.11 Å². The van der Waals surface area contributed by atoms with E-state index >= 15 is 0 Å². The van der Waals surface area contributed by atoms with Crippen molar-refractivity contribution in [2.75, 3.05) is 5.32 Å². The van der Waals surface area contributed by atoms with Crippen molar-refractivity contribution < 1.29 is 4.79 Å². The third-order valence-corrected chi connectivity index (χ3v) is 4.71. The van der Waals surface area contributed by atoms with Crippen LogP contribution in [0.4, 0.5) is 5.69 Å². The Morgan fingerprint density at radius 3 is 2.19 bits per heavy atom. The minimum absolute atomic E-state index is 0.119. The molecule has 0 aliphatic rings. The molecule has 3 N–H and O–H groups in total. The minimum atomic E-state index is -1.85. The monoisotopic (exact) mass is 469 g/mol. The van der Waals surface area contributed by atoms with Crippen LogP contribution in [0.3, 0.4) is 0 Å². The number of carbonyl (C=O) groups excluding carboxylic acids is 1. The third kappa shape index (κ3) is 6.34. The number of halogens is 5. The molecule has 0 saturated heterocycles. The lowest BCUT2D eigenvalue weighted by atomic mass is 10.2. The van der Waals surface area contributed by atoms with Crippen molar-refractivity contribution in [2.24, 2.45) is 0 Å². The van der Waals surface area contributed by atoms with E-state index in [4.69, 9.17) is 70.2 Å². The Kier molecular flexibility index (Phi) is 7.64. The summed E-state index contributed by atoms with van der Waals surface area (Å²) >= 11 is 34.9. The van der Waals surface area contributed by atoms with Crippen molar-refractivity contribution in [1.82, 2.24) is 10.6 Å². The zero-order chi connectivity index (χ0) is 19.3. The number of benzene rings is 2. The van der Waals surface area contributed by atoms with E-state index in [2.05, 4.69) is 16.0 Å². The van der Waals surface area contributed by atoms with Gasteiger partial charge in [-0.25, -0.2) is 0 Å². The van der Waals surface area contributed by atoms with Crippen LogP contribution in [0.2, 0.25) is 10.0 Å². The molecule has 0 aromatic heterocycles. The fourth-order valence-corrected chi connectivity index (χ4v) is 2.74. The Bertz CT molecular complexity index is 798. The second-order valence-electron chi connectivity index (χ2n) is 5.04. The fourth-order valence-electron chi connectivity index (χ4n) is 1.88. The number of hydrogen-bond donors (Lipinski definition) is 3. The van der Waals surface area contributed by atoms with Crippen LogP contribution in [0, 0.1) is 0 Å². The molecule has 1 amide bonds. The van der Waals surface area contributed by atoms with Crippen LogP contribution >= 0.6 is 70.2 Å². The lowest BCUT2D eigenvalue weighted by Crippen LogP contribution is -2.56. The lowest BCUT2D eigenvalue weighted by molar-refractivity contribution is 0.0934. The summed E-state index contributed by atoms with van der Waals surface area (Å²) in [5, 5.41) is 9.10. The zero-order valence-electron chi connectivity index (χ0n) is 12.9. The van der Waals surface area contributed by atoms with Crippen LogP contribution in [0.15, 0.2) is 48.5 Å². The number of anilines is 1. The van der Waals surface area contributed by atoms with Crippen molar-refractivity contribution >= 4 is 86.9 Å². The van der Waals surface area contributed by atoms with E-state index in [9.17, 15) is 4.79 Å². The molecule has 0 heterocycles. The molecule has 0 bridgehead atoms. The third-order valence-electron chi connectivity index (χ3n) is 3.09. The summed E-state index contributed by atoms with van der Waals surface area (Å²) in [6.45, 7) is 0. The van der Waals surface area contributed by atoms with Gasteiger partial charge in [0.2, 0.25) is 3.79 Å². The molecule has 2 aromatic carbocycles. The summed E-state index contributed by atoms with van der Waals surface area (Å²) in [4.78, 5) is 12.3. The van der Waals surface area contributed by atoms with E-state index in [1.165, 1.54) is 0 Å². The number of rotatable bonds is 4. The number of hydrogen-bond acceptors (Lipinski definition) is 2. The Hall–Kier alpha value is -0.950. The highest BCUT2D eigenvalue weighted by molar-refractivity contribution is 7.80. The van der Waals surface area contributed by atoms with E-state index in [1.807, 2.05) is 0 Å². The van der Waals surface area contributed by atoms with Crippen molar-refractivity contribution in [1.29, 1.82) is 0 Å². The second kappa shape index (κ2) is 9.31. The maximum absolute atomic E-state index is 12.3. The summed E-state index contributed by atoms with van der Waals surface area (Å²) in [5.41, 5.74) is 0.992. The van der Waals surface area contributed by atoms with Crippen LogP contribution in [0.25, 0.3) is 0 Å². The molecule has 0 unspecified atom stereocenters. The standard InChI is InChI=1S/C16H12Cl5N3OS/c17-11-7-6-10(8-12(11)18)22-15(26)24-14(16(19,20)21)23-13(25)9-4-2-1-3-5-9/h1-8,14H,(H,23,25)(H2,22,24,26)/t14-/m1/s1. The second-order valence-corrected chi connectivity index (χ2v) is 8.63. The summed E-state index contributed by atoms with van der Waals surface area (Å²) in [6.07, 6.45) is -1.08. The smallest absolute Gasteiger partial charge is 0.252 e. The van der Waals surface area contributed by atoms with Gasteiger partial charge in [0, 0.05) is 11.3 Å². The van der Waals surface area contributed by atoms with Crippen molar-refractivity contribution in [2.45, 2.75) is 9.96 Å². The summed E-state index contributed by atoms with van der Waals surface area (Å²) < 4.78 is -1.85. The number of carbonyl (C=O) groups is 1.